The van der Waals surface area contributed by atoms with Crippen LogP contribution in [0.5, 0.6) is 11.5 Å². The number of nitrogens with zero attached hydrogens (tertiary/aromatic N) is 2. The molecular weight excluding hydrogens is 913 g/mol. The molecule has 19 heteroatoms. The van der Waals surface area contributed by atoms with Crippen LogP contribution in [-0.2, 0) is 24.7 Å². The summed E-state index contributed by atoms with van der Waals surface area (Å²) in [5.41, 5.74) is -11.0. The smallest absolute Gasteiger partial charge is 0.497 e. The van der Waals surface area contributed by atoms with Crippen molar-refractivity contribution in [2.75, 3.05) is 14.2 Å². The molecule has 0 fully saturated rings. The monoisotopic (exact) mass is 946 g/mol. The Bertz CT molecular complexity index is 2890. The number of rotatable bonds is 9. The number of aromatic nitrogens is 1. The van der Waals surface area contributed by atoms with Crippen LogP contribution >= 0.6 is 0 Å². The Morgan fingerprint density at radius 1 is 0.522 bits per heavy atom. The summed E-state index contributed by atoms with van der Waals surface area (Å²) in [4.78, 5) is 4.73. The quantitative estimate of drug-likeness (QED) is 0.107. The molecule has 67 heavy (non-hydrogen) atoms. The molecule has 0 spiro atoms. The van der Waals surface area contributed by atoms with E-state index in [1.54, 1.807) is 19.1 Å². The van der Waals surface area contributed by atoms with Gasteiger partial charge in [0.25, 0.3) is 0 Å². The normalized spacial score (nSPS) is 14.3. The van der Waals surface area contributed by atoms with E-state index >= 15 is 8.63 Å². The van der Waals surface area contributed by atoms with E-state index in [0.717, 1.165) is 12.1 Å². The zero-order valence-electron chi connectivity index (χ0n) is 35.5. The summed E-state index contributed by atoms with van der Waals surface area (Å²) >= 11 is 0. The van der Waals surface area contributed by atoms with Crippen LogP contribution in [0.4, 0.5) is 61.3 Å². The number of hydrogen-bond donors (Lipinski definition) is 0. The van der Waals surface area contributed by atoms with E-state index in [1.807, 2.05) is 0 Å². The third kappa shape index (κ3) is 9.72. The molecule has 348 valence electrons. The van der Waals surface area contributed by atoms with Crippen molar-refractivity contribution in [2.45, 2.75) is 45.5 Å². The third-order valence-corrected chi connectivity index (χ3v) is 11.0. The van der Waals surface area contributed by atoms with Crippen LogP contribution in [-0.4, -0.2) is 31.8 Å². The lowest BCUT2D eigenvalue weighted by Crippen LogP contribution is -2.19. The van der Waals surface area contributed by atoms with E-state index in [4.69, 9.17) is 14.5 Å². The number of aliphatic imine (C=N–C) groups is 1. The summed E-state index contributed by atoms with van der Waals surface area (Å²) < 4.78 is 217. The first kappa shape index (κ1) is 48.2. The predicted molar refractivity (Wildman–Crippen MR) is 226 cm³/mol. The highest BCUT2D eigenvalue weighted by atomic mass is 19.4. The predicted octanol–water partition coefficient (Wildman–Crippen LogP) is 15.0. The van der Waals surface area contributed by atoms with Crippen molar-refractivity contribution in [2.24, 2.45) is 4.99 Å². The molecule has 0 radical (unpaired) electrons. The van der Waals surface area contributed by atoms with Gasteiger partial charge in [-0.25, -0.2) is 4.99 Å². The maximum atomic E-state index is 16.3. The van der Waals surface area contributed by atoms with Crippen LogP contribution in [0, 0.1) is 20.8 Å². The highest BCUT2D eigenvalue weighted by Gasteiger charge is 2.41. The lowest BCUT2D eigenvalue weighted by molar-refractivity contribution is -0.144. The topological polar surface area (TPSA) is 35.8 Å². The van der Waals surface area contributed by atoms with Crippen LogP contribution in [0.25, 0.3) is 33.5 Å². The summed E-state index contributed by atoms with van der Waals surface area (Å²) in [7, 11) is -1.01. The summed E-state index contributed by atoms with van der Waals surface area (Å²) in [6.45, 7) is 4.66. The zero-order valence-corrected chi connectivity index (χ0v) is 35.5. The number of ether oxygens (including phenoxy) is 2. The minimum absolute atomic E-state index is 0.0141. The van der Waals surface area contributed by atoms with Crippen molar-refractivity contribution in [3.63, 3.8) is 0 Å². The first-order chi connectivity index (χ1) is 31.2. The Morgan fingerprint density at radius 2 is 0.940 bits per heavy atom. The number of hydrogen-bond acceptors (Lipinski definition) is 3. The van der Waals surface area contributed by atoms with Gasteiger partial charge in [-0.2, -0.15) is 52.7 Å². The first-order valence-electron chi connectivity index (χ1n) is 19.7. The van der Waals surface area contributed by atoms with Crippen LogP contribution in [0.15, 0.2) is 120 Å². The SMILES string of the molecule is COc1ccc(C2=N/C(=C(/c3c(C)cc(C)cc3C)c3c(-c4cc(C(F)(F)F)cc(C(F)(F)F)c4)cc(-c4ccc(OC)cc4)n3B(F)F)C(c3cc(C(F)(F)F)cc(C(F)(F)F)c3)=C2)cc1. The zero-order chi connectivity index (χ0) is 49.1. The summed E-state index contributed by atoms with van der Waals surface area (Å²) in [5, 5.41) is 0. The fourth-order valence-corrected chi connectivity index (χ4v) is 8.07. The molecule has 2 heterocycles. The second kappa shape index (κ2) is 17.5. The third-order valence-electron chi connectivity index (χ3n) is 11.0. The molecular formula is C48H33BF14N2O2. The Kier molecular flexibility index (Phi) is 12.5. The molecule has 5 aromatic carbocycles. The van der Waals surface area contributed by atoms with Gasteiger partial charge in [-0.05, 0) is 151 Å². The van der Waals surface area contributed by atoms with Gasteiger partial charge in [0.15, 0.2) is 0 Å². The molecule has 0 saturated heterocycles. The van der Waals surface area contributed by atoms with Crippen LogP contribution in [0.1, 0.15) is 61.3 Å². The van der Waals surface area contributed by atoms with Gasteiger partial charge in [-0.15, -0.1) is 0 Å². The van der Waals surface area contributed by atoms with E-state index in [9.17, 15) is 52.7 Å². The Balaban J connectivity index is 1.76. The van der Waals surface area contributed by atoms with Crippen LogP contribution in [0.2, 0.25) is 0 Å². The van der Waals surface area contributed by atoms with E-state index in [1.165, 1.54) is 76.6 Å². The maximum Gasteiger partial charge on any atom is 0.678 e. The van der Waals surface area contributed by atoms with Crippen LogP contribution < -0.4 is 9.47 Å². The lowest BCUT2D eigenvalue weighted by Gasteiger charge is -2.23. The second-order valence-electron chi connectivity index (χ2n) is 15.5. The van der Waals surface area contributed by atoms with Crippen molar-refractivity contribution < 1.29 is 70.8 Å². The second-order valence-corrected chi connectivity index (χ2v) is 15.5. The minimum Gasteiger partial charge on any atom is -0.497 e. The van der Waals surface area contributed by atoms with Gasteiger partial charge < -0.3 is 14.0 Å². The molecule has 1 aliphatic rings. The maximum absolute atomic E-state index is 16.3. The van der Waals surface area contributed by atoms with E-state index in [-0.39, 0.29) is 51.4 Å². The molecule has 0 saturated carbocycles. The standard InChI is InChI=1S/C48H33BF14N2O2/c1-24-14-25(2)41(26(3)15-24)42(43-37(22-39(64-43)27-6-10-35(66-4)11-7-27)29-16-31(45(50,51)52)20-32(17-29)46(53,54)55)44-38(30-18-33(47(56,57)58)21-34(19-30)48(59,60)61)23-40(65(44)49(62)63)28-8-12-36(67-5)13-9-28/h6-23H,1-5H3/b43-42-. The molecule has 0 bridgehead atoms. The van der Waals surface area contributed by atoms with E-state index < -0.39 is 99.3 Å². The first-order valence-corrected chi connectivity index (χ1v) is 19.7. The van der Waals surface area contributed by atoms with Crippen LogP contribution in [0.3, 0.4) is 0 Å². The molecule has 0 unspecified atom stereocenters. The molecule has 1 aromatic heterocycles. The molecule has 6 aromatic rings. The number of halogens is 14. The summed E-state index contributed by atoms with van der Waals surface area (Å²) in [6.07, 6.45) is -20.4. The Hall–Kier alpha value is -6.79. The van der Waals surface area contributed by atoms with Crippen molar-refractivity contribution >= 4 is 24.3 Å². The van der Waals surface area contributed by atoms with Gasteiger partial charge in [-0.3, -0.25) is 8.63 Å². The number of allylic oxidation sites excluding steroid dienone is 2. The van der Waals surface area contributed by atoms with Crippen molar-refractivity contribution in [1.29, 1.82) is 0 Å². The number of alkyl halides is 12. The van der Waals surface area contributed by atoms with Gasteiger partial charge in [0, 0.05) is 28.0 Å². The van der Waals surface area contributed by atoms with Crippen molar-refractivity contribution in [3.8, 4) is 33.9 Å². The Labute approximate surface area is 373 Å². The van der Waals surface area contributed by atoms with Gasteiger partial charge in [-0.1, -0.05) is 17.7 Å². The number of aryl methyl sites for hydroxylation is 3. The van der Waals surface area contributed by atoms with Gasteiger partial charge in [0.1, 0.15) is 11.5 Å². The van der Waals surface area contributed by atoms with Gasteiger partial charge in [0.05, 0.1) is 53.6 Å². The van der Waals surface area contributed by atoms with Crippen molar-refractivity contribution in [1.82, 2.24) is 4.48 Å². The fourth-order valence-electron chi connectivity index (χ4n) is 8.07. The molecule has 0 aliphatic carbocycles. The lowest BCUT2D eigenvalue weighted by atomic mass is 9.85. The molecule has 0 N–H and O–H groups in total. The van der Waals surface area contributed by atoms with E-state index in [2.05, 4.69) is 0 Å². The molecule has 1 aliphatic heterocycles. The average Bonchev–Trinajstić information content (AvgIpc) is 3.87. The molecule has 7 rings (SSSR count). The number of methoxy groups -OCH3 is 2. The molecule has 0 amide bonds. The van der Waals surface area contributed by atoms with E-state index in [0.29, 0.717) is 40.1 Å². The summed E-state index contributed by atoms with van der Waals surface area (Å²) in [5.74, 6) is 0.563. The van der Waals surface area contributed by atoms with Gasteiger partial charge >= 0.3 is 32.1 Å². The van der Waals surface area contributed by atoms with Gasteiger partial charge in [0.2, 0.25) is 0 Å². The van der Waals surface area contributed by atoms with Crippen molar-refractivity contribution in [3.05, 3.63) is 176 Å². The largest absolute Gasteiger partial charge is 0.678 e. The summed E-state index contributed by atoms with van der Waals surface area (Å²) in [6, 6.07) is 16.4. The molecule has 4 nitrogen and oxygen atoms in total. The highest BCUT2D eigenvalue weighted by molar-refractivity contribution is 6.42. The molecule has 0 atom stereocenters. The number of benzene rings is 5. The minimum atomic E-state index is -5.41. The fraction of sp³-hybridized carbons (Fsp3) is 0.188. The highest BCUT2D eigenvalue weighted by Crippen LogP contribution is 2.50. The Morgan fingerprint density at radius 3 is 1.34 bits per heavy atom. The average molecular weight is 947 g/mol.